The molecule has 5 heteroatoms. The molecule has 0 saturated carbocycles. The first-order valence-corrected chi connectivity index (χ1v) is 7.40. The number of rotatable bonds is 3. The van der Waals surface area contributed by atoms with E-state index in [-0.39, 0.29) is 63.2 Å². The van der Waals surface area contributed by atoms with E-state index in [1.54, 1.807) is 44.2 Å². The number of aryl methyl sites for hydroxylation is 2. The Labute approximate surface area is 186 Å². The van der Waals surface area contributed by atoms with Gasteiger partial charge in [-0.3, -0.25) is 4.79 Å². The summed E-state index contributed by atoms with van der Waals surface area (Å²) in [5, 5.41) is 0. The van der Waals surface area contributed by atoms with Crippen LogP contribution in [0.1, 0.15) is 31.8 Å². The summed E-state index contributed by atoms with van der Waals surface area (Å²) in [4.78, 5) is 28.1. The zero-order valence-electron chi connectivity index (χ0n) is 15.2. The summed E-state index contributed by atoms with van der Waals surface area (Å²) in [5.74, 6) is -0.456. The Morgan fingerprint density at radius 2 is 1.67 bits per heavy atom. The van der Waals surface area contributed by atoms with Crippen LogP contribution in [0.3, 0.4) is 0 Å². The summed E-state index contributed by atoms with van der Waals surface area (Å²) in [6, 6.07) is 13.8. The zero-order valence-corrected chi connectivity index (χ0v) is 18.3. The first-order chi connectivity index (χ1) is 10.8. The molecule has 2 aromatic carbocycles. The second-order valence-corrected chi connectivity index (χ2v) is 5.81. The fourth-order valence-corrected chi connectivity index (χ4v) is 2.49. The molecule has 0 aliphatic carbocycles. The summed E-state index contributed by atoms with van der Waals surface area (Å²) in [6.07, 6.45) is 0. The molecule has 0 heterocycles. The van der Waals surface area contributed by atoms with Gasteiger partial charge in [-0.05, 0) is 45.1 Å². The van der Waals surface area contributed by atoms with Gasteiger partial charge in [0.05, 0.1) is 0 Å². The third kappa shape index (κ3) is 4.55. The average molecular weight is 348 g/mol. The fourth-order valence-electron chi connectivity index (χ4n) is 2.49. The minimum Gasteiger partial charge on any atom is -0.384 e. The van der Waals surface area contributed by atoms with E-state index in [4.69, 9.17) is 0 Å². The molecular weight excluding hydrogens is 327 g/mol. The van der Waals surface area contributed by atoms with Crippen LogP contribution in [0.15, 0.2) is 36.4 Å². The molecule has 2 amide bonds. The van der Waals surface area contributed by atoms with E-state index in [1.165, 1.54) is 4.90 Å². The van der Waals surface area contributed by atoms with Crippen LogP contribution in [0.2, 0.25) is 0 Å². The smallest absolute Gasteiger partial charge is 0.384 e. The monoisotopic (exact) mass is 348 g/mol. The number of amides is 2. The third-order valence-corrected chi connectivity index (χ3v) is 3.72. The van der Waals surface area contributed by atoms with Crippen molar-refractivity contribution in [2.24, 2.45) is 0 Å². The largest absolute Gasteiger partial charge is 1.00 e. The summed E-state index contributed by atoms with van der Waals surface area (Å²) >= 11 is 0. The van der Waals surface area contributed by atoms with Gasteiger partial charge >= 0.3 is 51.4 Å². The van der Waals surface area contributed by atoms with Crippen molar-refractivity contribution in [3.63, 3.8) is 0 Å². The first kappa shape index (κ1) is 21.1. The van der Waals surface area contributed by atoms with Crippen LogP contribution in [-0.2, 0) is 0 Å². The molecule has 0 unspecified atom stereocenters. The van der Waals surface area contributed by atoms with Crippen molar-refractivity contribution < 1.29 is 61.0 Å². The summed E-state index contributed by atoms with van der Waals surface area (Å²) in [7, 11) is 5.04. The molecule has 0 N–H and O–H groups in total. The molecule has 0 fully saturated rings. The van der Waals surface area contributed by atoms with Crippen molar-refractivity contribution in [1.29, 1.82) is 0 Å². The standard InChI is InChI=1S/C19H21N2O2.K/c1-13-10-11-17(14(2)12-13)21(5)19(23)16-9-7-6-8-15(16)18(22)20(3)4;/h6-7,9-12H,1-5H3;/q-1;+1. The number of hydrogen-bond acceptors (Lipinski definition) is 2. The van der Waals surface area contributed by atoms with Crippen LogP contribution in [0.5, 0.6) is 0 Å². The van der Waals surface area contributed by atoms with E-state index in [0.29, 0.717) is 11.1 Å². The molecule has 0 bridgehead atoms. The molecule has 0 aromatic heterocycles. The number of carbonyl (C=O) groups excluding carboxylic acids is 2. The van der Waals surface area contributed by atoms with Gasteiger partial charge in [0.25, 0.3) is 0 Å². The predicted octanol–water partition coefficient (Wildman–Crippen LogP) is 0.0860. The van der Waals surface area contributed by atoms with E-state index < -0.39 is 0 Å². The fraction of sp³-hybridized carbons (Fsp3) is 0.263. The third-order valence-electron chi connectivity index (χ3n) is 3.72. The molecule has 0 aliphatic heterocycles. The zero-order chi connectivity index (χ0) is 17.1. The quantitative estimate of drug-likeness (QED) is 0.583. The summed E-state index contributed by atoms with van der Waals surface area (Å²) < 4.78 is 0. The Balaban J connectivity index is 0.00000288. The Morgan fingerprint density at radius 3 is 2.25 bits per heavy atom. The van der Waals surface area contributed by atoms with Gasteiger partial charge in [0.2, 0.25) is 5.91 Å². The van der Waals surface area contributed by atoms with E-state index in [9.17, 15) is 9.59 Å². The van der Waals surface area contributed by atoms with E-state index >= 15 is 0 Å². The molecule has 0 spiro atoms. The summed E-state index contributed by atoms with van der Waals surface area (Å²) in [6.45, 7) is 3.98. The maximum Gasteiger partial charge on any atom is 1.00 e. The van der Waals surface area contributed by atoms with Crippen molar-refractivity contribution in [2.75, 3.05) is 26.0 Å². The second-order valence-electron chi connectivity index (χ2n) is 5.81. The number of benzene rings is 2. The van der Waals surface area contributed by atoms with Gasteiger partial charge < -0.3 is 14.6 Å². The molecule has 0 atom stereocenters. The van der Waals surface area contributed by atoms with Crippen LogP contribution in [0, 0.1) is 19.9 Å². The second kappa shape index (κ2) is 8.92. The van der Waals surface area contributed by atoms with Crippen molar-refractivity contribution in [1.82, 2.24) is 4.90 Å². The van der Waals surface area contributed by atoms with Gasteiger partial charge in [-0.15, -0.1) is 24.3 Å². The Kier molecular flexibility index (Phi) is 7.83. The SMILES string of the molecule is Cc1ccc(N(C)C(=O)c2ccc[c-]c2C(=O)N(C)C)c(C)c1.[K+]. The minimum atomic E-state index is -0.233. The molecule has 2 rings (SSSR count). The van der Waals surface area contributed by atoms with Gasteiger partial charge in [-0.2, -0.15) is 0 Å². The van der Waals surface area contributed by atoms with Crippen LogP contribution in [-0.4, -0.2) is 37.9 Å². The Bertz CT molecular complexity index is 757. The van der Waals surface area contributed by atoms with Gasteiger partial charge in [0.1, 0.15) is 0 Å². The van der Waals surface area contributed by atoms with Gasteiger partial charge in [-0.25, -0.2) is 0 Å². The van der Waals surface area contributed by atoms with Crippen molar-refractivity contribution >= 4 is 17.5 Å². The van der Waals surface area contributed by atoms with Crippen molar-refractivity contribution in [3.8, 4) is 0 Å². The molecule has 2 aromatic rings. The topological polar surface area (TPSA) is 40.6 Å². The minimum absolute atomic E-state index is 0. The van der Waals surface area contributed by atoms with Gasteiger partial charge in [0.15, 0.2) is 5.91 Å². The average Bonchev–Trinajstić information content (AvgIpc) is 2.52. The molecule has 120 valence electrons. The molecule has 0 saturated heterocycles. The predicted molar refractivity (Wildman–Crippen MR) is 91.9 cm³/mol. The normalized spacial score (nSPS) is 9.88. The maximum atomic E-state index is 12.9. The molecule has 0 aliphatic rings. The van der Waals surface area contributed by atoms with Crippen LogP contribution < -0.4 is 56.3 Å². The maximum absolute atomic E-state index is 12.9. The van der Waals surface area contributed by atoms with Crippen LogP contribution in [0.4, 0.5) is 5.69 Å². The van der Waals surface area contributed by atoms with E-state index in [2.05, 4.69) is 6.07 Å². The Hall–Kier alpha value is -0.984. The van der Waals surface area contributed by atoms with Crippen LogP contribution >= 0.6 is 0 Å². The van der Waals surface area contributed by atoms with Crippen molar-refractivity contribution in [2.45, 2.75) is 13.8 Å². The van der Waals surface area contributed by atoms with E-state index in [0.717, 1.165) is 16.8 Å². The number of hydrogen-bond donors (Lipinski definition) is 0. The first-order valence-electron chi connectivity index (χ1n) is 7.40. The Morgan fingerprint density at radius 1 is 1.00 bits per heavy atom. The van der Waals surface area contributed by atoms with Gasteiger partial charge in [-0.1, -0.05) is 23.3 Å². The number of nitrogens with zero attached hydrogens (tertiary/aromatic N) is 2. The van der Waals surface area contributed by atoms with E-state index in [1.807, 2.05) is 32.0 Å². The number of carbonyl (C=O) groups is 2. The summed E-state index contributed by atoms with van der Waals surface area (Å²) in [5.41, 5.74) is 3.63. The van der Waals surface area contributed by atoms with Gasteiger partial charge in [0, 0.05) is 12.7 Å². The number of anilines is 1. The van der Waals surface area contributed by atoms with Crippen LogP contribution in [0.25, 0.3) is 0 Å². The van der Waals surface area contributed by atoms with Crippen molar-refractivity contribution in [3.05, 3.63) is 64.7 Å². The molecule has 4 nitrogen and oxygen atoms in total. The molecule has 24 heavy (non-hydrogen) atoms. The molecule has 0 radical (unpaired) electrons. The molecular formula is C19H21KN2O2.